The van der Waals surface area contributed by atoms with Crippen LogP contribution >= 0.6 is 34.8 Å². The molecule has 2 amide bonds. The number of halogens is 3. The lowest BCUT2D eigenvalue weighted by molar-refractivity contribution is -0.344. The molecule has 3 aromatic carbocycles. The van der Waals surface area contributed by atoms with Crippen molar-refractivity contribution in [2.45, 2.75) is 92.8 Å². The van der Waals surface area contributed by atoms with Crippen LogP contribution in [0.5, 0.6) is 0 Å². The number of nitrogens with one attached hydrogen (secondary N) is 1. The zero-order chi connectivity index (χ0) is 48.7. The third-order valence-corrected chi connectivity index (χ3v) is 10.6. The maximum Gasteiger partial charge on any atom is 0.338 e. The number of rotatable bonds is 14. The van der Waals surface area contributed by atoms with Crippen molar-refractivity contribution < 1.29 is 85.7 Å². The summed E-state index contributed by atoms with van der Waals surface area (Å²) in [5.74, 6) is -8.82. The summed E-state index contributed by atoms with van der Waals surface area (Å²) < 4.78 is 56.2. The van der Waals surface area contributed by atoms with Gasteiger partial charge in [-0.05, 0) is 36.4 Å². The number of ether oxygens (including phenoxy) is 10. The Bertz CT molecular complexity index is 2350. The minimum atomic E-state index is -2.58. The van der Waals surface area contributed by atoms with Crippen LogP contribution in [0.4, 0.5) is 0 Å². The van der Waals surface area contributed by atoms with Gasteiger partial charge in [0, 0.05) is 27.7 Å². The number of fused-ring (bicyclic) bond motifs is 1. The van der Waals surface area contributed by atoms with Crippen molar-refractivity contribution in [2.75, 3.05) is 13.2 Å². The molecule has 3 heterocycles. The molecule has 10 atom stereocenters. The first-order valence-electron chi connectivity index (χ1n) is 20.1. The summed E-state index contributed by atoms with van der Waals surface area (Å²) in [6, 6.07) is 18.7. The van der Waals surface area contributed by atoms with Crippen molar-refractivity contribution in [3.05, 3.63) is 107 Å². The number of hydrogen-bond donors (Lipinski definition) is 1. The number of imide groups is 1. The van der Waals surface area contributed by atoms with E-state index >= 15 is 0 Å². The van der Waals surface area contributed by atoms with E-state index < -0.39 is 132 Å². The highest BCUT2D eigenvalue weighted by Crippen LogP contribution is 2.40. The van der Waals surface area contributed by atoms with Gasteiger partial charge < -0.3 is 47.4 Å². The van der Waals surface area contributed by atoms with Crippen LogP contribution in [0.25, 0.3) is 0 Å². The van der Waals surface area contributed by atoms with Gasteiger partial charge in [-0.2, -0.15) is 0 Å². The SMILES string of the molecule is CC(=O)OC[C@H]1O[C@@H](O[C@H]2[C@@H](OC(C)=O)[C@@H](COC(=O)c3ccccc3)O[C@H](OC(=N)C(Cl)(Cl)Cl)[C@@H]2OC(=O)c2ccccc2)[C@H](N2C(=O)c3ccccc3C2=O)[C@@H](OC(C)=O)[C@@H]1OC(C)=O. The Morgan fingerprint density at radius 1 is 0.552 bits per heavy atom. The fourth-order valence-electron chi connectivity index (χ4n) is 7.39. The molecule has 3 aromatic rings. The second-order valence-electron chi connectivity index (χ2n) is 14.9. The van der Waals surface area contributed by atoms with E-state index in [1.165, 1.54) is 60.7 Å². The lowest BCUT2D eigenvalue weighted by Crippen LogP contribution is -2.70. The van der Waals surface area contributed by atoms with Gasteiger partial charge in [0.25, 0.3) is 15.6 Å². The summed E-state index contributed by atoms with van der Waals surface area (Å²) in [5, 5.41) is 8.49. The van der Waals surface area contributed by atoms with E-state index in [1.807, 2.05) is 0 Å². The Morgan fingerprint density at radius 2 is 1.00 bits per heavy atom. The Kier molecular flexibility index (Phi) is 16.2. The van der Waals surface area contributed by atoms with Gasteiger partial charge in [-0.3, -0.25) is 39.1 Å². The summed E-state index contributed by atoms with van der Waals surface area (Å²) in [6.45, 7) is 2.53. The molecule has 23 heteroatoms. The van der Waals surface area contributed by atoms with Crippen LogP contribution in [0.1, 0.15) is 69.1 Å². The topological polar surface area (TPSA) is 256 Å². The Labute approximate surface area is 396 Å². The molecule has 67 heavy (non-hydrogen) atoms. The Hall–Kier alpha value is -6.16. The quantitative estimate of drug-likeness (QED) is 0.0590. The smallest absolute Gasteiger partial charge is 0.338 e. The number of alkyl halides is 3. The number of amides is 2. The molecule has 2 saturated heterocycles. The van der Waals surface area contributed by atoms with Crippen LogP contribution < -0.4 is 0 Å². The van der Waals surface area contributed by atoms with Gasteiger partial charge >= 0.3 is 35.8 Å². The molecule has 3 aliphatic heterocycles. The number of esters is 6. The number of hydrogen-bond acceptors (Lipinski definition) is 19. The van der Waals surface area contributed by atoms with Crippen LogP contribution in [0.3, 0.4) is 0 Å². The highest BCUT2D eigenvalue weighted by molar-refractivity contribution is 6.76. The van der Waals surface area contributed by atoms with Crippen molar-refractivity contribution in [1.29, 1.82) is 5.41 Å². The van der Waals surface area contributed by atoms with Gasteiger partial charge in [0.2, 0.25) is 12.2 Å². The fraction of sp³-hybridized carbons (Fsp3) is 0.386. The van der Waals surface area contributed by atoms with E-state index in [-0.39, 0.29) is 22.3 Å². The predicted molar refractivity (Wildman–Crippen MR) is 228 cm³/mol. The molecule has 0 aromatic heterocycles. The molecule has 1 N–H and O–H groups in total. The standard InChI is InChI=1S/C44H41Cl3N2O18/c1-21(50)58-19-29-32(60-22(2)51)34(62-24(4)53)31(49-37(54)27-17-11-12-18-28(27)38(49)55)41(63-29)66-35-33(61-23(3)52)30(20-59-39(56)25-13-7-5-8-14-25)64-42(67-43(48)44(45,46)47)36(35)65-40(57)26-15-9-6-10-16-26/h5-18,29-36,41-42,48H,19-20H2,1-4H3/t29-,30-,31-,32-,33+,34-,35+,36-,41+,42-/m1/s1. The first kappa shape index (κ1) is 50.3. The molecule has 20 nitrogen and oxygen atoms in total. The highest BCUT2D eigenvalue weighted by Gasteiger charge is 2.61. The molecular formula is C44H41Cl3N2O18. The summed E-state index contributed by atoms with van der Waals surface area (Å²) in [6.07, 6.45) is -17.0. The number of nitrogens with zero attached hydrogens (tertiary/aromatic N) is 1. The highest BCUT2D eigenvalue weighted by atomic mass is 35.6. The summed E-state index contributed by atoms with van der Waals surface area (Å²) >= 11 is 18.1. The van der Waals surface area contributed by atoms with Crippen molar-refractivity contribution in [2.24, 2.45) is 0 Å². The molecule has 0 unspecified atom stereocenters. The van der Waals surface area contributed by atoms with Crippen molar-refractivity contribution in [3.63, 3.8) is 0 Å². The molecule has 356 valence electrons. The zero-order valence-corrected chi connectivity index (χ0v) is 38.0. The van der Waals surface area contributed by atoms with E-state index in [1.54, 1.807) is 24.3 Å². The summed E-state index contributed by atoms with van der Waals surface area (Å²) in [4.78, 5) is 108. The van der Waals surface area contributed by atoms with Gasteiger partial charge in [0.05, 0.1) is 22.3 Å². The first-order valence-corrected chi connectivity index (χ1v) is 21.3. The Balaban J connectivity index is 1.55. The van der Waals surface area contributed by atoms with Gasteiger partial charge in [-0.1, -0.05) is 83.3 Å². The van der Waals surface area contributed by atoms with Crippen LogP contribution in [0.15, 0.2) is 84.9 Å². The molecule has 0 spiro atoms. The number of carbonyl (C=O) groups is 8. The average molecular weight is 992 g/mol. The van der Waals surface area contributed by atoms with Crippen LogP contribution in [0, 0.1) is 5.41 Å². The third kappa shape index (κ3) is 12.1. The normalized spacial score (nSPS) is 25.7. The van der Waals surface area contributed by atoms with Crippen molar-refractivity contribution >= 4 is 88.3 Å². The van der Waals surface area contributed by atoms with Crippen LogP contribution in [0.2, 0.25) is 0 Å². The zero-order valence-electron chi connectivity index (χ0n) is 35.7. The molecular weight excluding hydrogens is 951 g/mol. The molecule has 0 aliphatic carbocycles. The van der Waals surface area contributed by atoms with E-state index in [0.717, 1.165) is 27.7 Å². The average Bonchev–Trinajstić information content (AvgIpc) is 3.52. The summed E-state index contributed by atoms with van der Waals surface area (Å²) in [7, 11) is 0. The van der Waals surface area contributed by atoms with E-state index in [2.05, 4.69) is 0 Å². The minimum absolute atomic E-state index is 0.0576. The van der Waals surface area contributed by atoms with Crippen LogP contribution in [-0.4, -0.2) is 137 Å². The monoisotopic (exact) mass is 990 g/mol. The lowest BCUT2D eigenvalue weighted by Gasteiger charge is -2.50. The van der Waals surface area contributed by atoms with Crippen molar-refractivity contribution in [3.8, 4) is 0 Å². The van der Waals surface area contributed by atoms with E-state index in [4.69, 9.17) is 87.6 Å². The molecule has 6 rings (SSSR count). The molecule has 0 bridgehead atoms. The molecule has 3 aliphatic rings. The lowest BCUT2D eigenvalue weighted by atomic mass is 9.93. The van der Waals surface area contributed by atoms with Gasteiger partial charge in [0.1, 0.15) is 37.6 Å². The second-order valence-corrected chi connectivity index (χ2v) is 17.2. The van der Waals surface area contributed by atoms with E-state index in [9.17, 15) is 38.4 Å². The minimum Gasteiger partial charge on any atom is -0.463 e. The predicted octanol–water partition coefficient (Wildman–Crippen LogP) is 4.29. The molecule has 0 saturated carbocycles. The van der Waals surface area contributed by atoms with Gasteiger partial charge in [-0.15, -0.1) is 0 Å². The molecule has 2 fully saturated rings. The number of carbonyl (C=O) groups excluding carboxylic acids is 8. The van der Waals surface area contributed by atoms with Gasteiger partial charge in [0.15, 0.2) is 30.7 Å². The van der Waals surface area contributed by atoms with E-state index in [0.29, 0.717) is 4.90 Å². The van der Waals surface area contributed by atoms with Crippen molar-refractivity contribution in [1.82, 2.24) is 4.90 Å². The first-order chi connectivity index (χ1) is 31.7. The van der Waals surface area contributed by atoms with Crippen LogP contribution in [-0.2, 0) is 66.5 Å². The fourth-order valence-corrected chi connectivity index (χ4v) is 7.52. The second kappa shape index (κ2) is 21.6. The molecule has 0 radical (unpaired) electrons. The summed E-state index contributed by atoms with van der Waals surface area (Å²) in [5.41, 5.74) is -0.168. The third-order valence-electron chi connectivity index (χ3n) is 10.1. The largest absolute Gasteiger partial charge is 0.463 e. The maximum atomic E-state index is 14.4. The van der Waals surface area contributed by atoms with Gasteiger partial charge in [-0.25, -0.2) is 9.59 Å². The number of benzene rings is 3. The Morgan fingerprint density at radius 3 is 1.49 bits per heavy atom. The maximum absolute atomic E-state index is 14.4.